The number of carboxylic acid groups (broad SMARTS) is 1. The predicted octanol–water partition coefficient (Wildman–Crippen LogP) is 4.22. The second-order valence-corrected chi connectivity index (χ2v) is 6.09. The van der Waals surface area contributed by atoms with Crippen molar-refractivity contribution >= 4 is 11.8 Å². The van der Waals surface area contributed by atoms with Crippen molar-refractivity contribution in [1.29, 1.82) is 0 Å². The molecule has 2 aromatic carbocycles. The van der Waals surface area contributed by atoms with Gasteiger partial charge in [-0.3, -0.25) is 4.79 Å². The fourth-order valence-corrected chi connectivity index (χ4v) is 2.78. The van der Waals surface area contributed by atoms with Crippen LogP contribution in [0.3, 0.4) is 0 Å². The van der Waals surface area contributed by atoms with E-state index in [2.05, 4.69) is 0 Å². The summed E-state index contributed by atoms with van der Waals surface area (Å²) in [4.78, 5) is 22.8. The molecule has 0 aliphatic heterocycles. The van der Waals surface area contributed by atoms with Crippen molar-refractivity contribution in [2.24, 2.45) is 0 Å². The summed E-state index contributed by atoms with van der Waals surface area (Å²) >= 11 is 0. The van der Waals surface area contributed by atoms with Gasteiger partial charge in [0.2, 0.25) is 0 Å². The molecular formula is C21H24O6. The Balaban J connectivity index is 2.32. The minimum atomic E-state index is -1.03. The summed E-state index contributed by atoms with van der Waals surface area (Å²) in [6, 6.07) is 7.83. The van der Waals surface area contributed by atoms with Gasteiger partial charge in [0.15, 0.2) is 5.78 Å². The van der Waals surface area contributed by atoms with Gasteiger partial charge in [0.1, 0.15) is 23.9 Å². The lowest BCUT2D eigenvalue weighted by Gasteiger charge is -2.16. The lowest BCUT2D eigenvalue weighted by Crippen LogP contribution is -2.06. The van der Waals surface area contributed by atoms with Crippen molar-refractivity contribution in [3.05, 3.63) is 52.6 Å². The van der Waals surface area contributed by atoms with Crippen molar-refractivity contribution < 1.29 is 29.3 Å². The molecule has 0 atom stereocenters. The van der Waals surface area contributed by atoms with E-state index in [1.165, 1.54) is 19.1 Å². The van der Waals surface area contributed by atoms with Crippen LogP contribution < -0.4 is 9.47 Å². The Hall–Kier alpha value is -3.02. The molecule has 0 aliphatic carbocycles. The molecule has 2 aromatic rings. The summed E-state index contributed by atoms with van der Waals surface area (Å²) in [6.45, 7) is 5.73. The van der Waals surface area contributed by atoms with Gasteiger partial charge in [-0.1, -0.05) is 19.4 Å². The number of Topliss-reactive ketones (excluding diaryl/α,β-unsaturated/α-hetero) is 1. The van der Waals surface area contributed by atoms with Gasteiger partial charge >= 0.3 is 5.97 Å². The van der Waals surface area contributed by atoms with Gasteiger partial charge in [0, 0.05) is 11.1 Å². The Morgan fingerprint density at radius 2 is 1.78 bits per heavy atom. The molecule has 0 heterocycles. The highest BCUT2D eigenvalue weighted by atomic mass is 16.5. The lowest BCUT2D eigenvalue weighted by atomic mass is 10.0. The topological polar surface area (TPSA) is 93.1 Å². The van der Waals surface area contributed by atoms with E-state index < -0.39 is 5.97 Å². The highest BCUT2D eigenvalue weighted by Crippen LogP contribution is 2.34. The molecular weight excluding hydrogens is 348 g/mol. The maximum atomic E-state index is 11.7. The van der Waals surface area contributed by atoms with Gasteiger partial charge in [-0.2, -0.15) is 0 Å². The molecule has 0 spiro atoms. The number of hydrogen-bond acceptors (Lipinski definition) is 5. The monoisotopic (exact) mass is 372 g/mol. The Bertz CT molecular complexity index is 841. The van der Waals surface area contributed by atoms with Crippen LogP contribution in [0.4, 0.5) is 0 Å². The first-order valence-corrected chi connectivity index (χ1v) is 8.86. The van der Waals surface area contributed by atoms with E-state index in [-0.39, 0.29) is 29.3 Å². The van der Waals surface area contributed by atoms with E-state index in [0.29, 0.717) is 35.7 Å². The number of aromatic hydroxyl groups is 1. The summed E-state index contributed by atoms with van der Waals surface area (Å²) in [6.07, 6.45) is 1.35. The van der Waals surface area contributed by atoms with E-state index in [1.807, 2.05) is 13.8 Å². The zero-order valence-corrected chi connectivity index (χ0v) is 15.7. The first kappa shape index (κ1) is 20.3. The van der Waals surface area contributed by atoms with Gasteiger partial charge in [-0.25, -0.2) is 4.79 Å². The molecule has 0 saturated carbocycles. The number of benzene rings is 2. The number of phenolic OH excluding ortho intramolecular Hbond substituents is 1. The van der Waals surface area contributed by atoms with Crippen molar-refractivity contribution in [1.82, 2.24) is 0 Å². The smallest absolute Gasteiger partial charge is 0.335 e. The maximum absolute atomic E-state index is 11.7. The number of ketones is 1. The number of ether oxygens (including phenoxy) is 2. The van der Waals surface area contributed by atoms with E-state index in [9.17, 15) is 14.7 Å². The van der Waals surface area contributed by atoms with Crippen molar-refractivity contribution in [3.63, 3.8) is 0 Å². The molecule has 0 unspecified atom stereocenters. The van der Waals surface area contributed by atoms with Crippen molar-refractivity contribution in [2.45, 2.75) is 40.2 Å². The van der Waals surface area contributed by atoms with Crippen LogP contribution in [0.25, 0.3) is 0 Å². The van der Waals surface area contributed by atoms with Gasteiger partial charge in [-0.15, -0.1) is 0 Å². The minimum absolute atomic E-state index is 0.0480. The Morgan fingerprint density at radius 1 is 1.04 bits per heavy atom. The molecule has 2 rings (SSSR count). The fourth-order valence-electron chi connectivity index (χ4n) is 2.78. The molecule has 0 bridgehead atoms. The van der Waals surface area contributed by atoms with Gasteiger partial charge < -0.3 is 19.7 Å². The molecule has 2 N–H and O–H groups in total. The number of carboxylic acids is 1. The second kappa shape index (κ2) is 9.07. The SMILES string of the molecule is CCCc1c(OCc2ccc(C(=O)O)cc2OCC)ccc(C(C)=O)c1O. The summed E-state index contributed by atoms with van der Waals surface area (Å²) in [5.74, 6) is -0.353. The van der Waals surface area contributed by atoms with Gasteiger partial charge in [0.05, 0.1) is 17.7 Å². The number of carbonyl (C=O) groups excluding carboxylic acids is 1. The van der Waals surface area contributed by atoms with Gasteiger partial charge in [-0.05, 0) is 44.5 Å². The quantitative estimate of drug-likeness (QED) is 0.640. The number of rotatable bonds is 9. The predicted molar refractivity (Wildman–Crippen MR) is 101 cm³/mol. The molecule has 0 aromatic heterocycles. The Labute approximate surface area is 158 Å². The second-order valence-electron chi connectivity index (χ2n) is 6.09. The summed E-state index contributed by atoms with van der Waals surface area (Å²) in [7, 11) is 0. The number of carbonyl (C=O) groups is 2. The first-order valence-electron chi connectivity index (χ1n) is 8.86. The third kappa shape index (κ3) is 4.78. The van der Waals surface area contributed by atoms with E-state index in [4.69, 9.17) is 14.6 Å². The average Bonchev–Trinajstić information content (AvgIpc) is 2.62. The lowest BCUT2D eigenvalue weighted by molar-refractivity contribution is 0.0696. The third-order valence-electron chi connectivity index (χ3n) is 4.12. The van der Waals surface area contributed by atoms with E-state index >= 15 is 0 Å². The van der Waals surface area contributed by atoms with E-state index in [0.717, 1.165) is 6.42 Å². The van der Waals surface area contributed by atoms with E-state index in [1.54, 1.807) is 18.2 Å². The average molecular weight is 372 g/mol. The van der Waals surface area contributed by atoms with Crippen LogP contribution in [0.5, 0.6) is 17.2 Å². The highest BCUT2D eigenvalue weighted by molar-refractivity contribution is 5.97. The van der Waals surface area contributed by atoms with Crippen LogP contribution in [0.1, 0.15) is 59.0 Å². The molecule has 144 valence electrons. The fraction of sp³-hybridized carbons (Fsp3) is 0.333. The number of aromatic carboxylic acids is 1. The largest absolute Gasteiger partial charge is 0.507 e. The molecule has 0 amide bonds. The zero-order valence-electron chi connectivity index (χ0n) is 15.7. The zero-order chi connectivity index (χ0) is 20.0. The molecule has 0 radical (unpaired) electrons. The Kier molecular flexibility index (Phi) is 6.82. The molecule has 0 fully saturated rings. The van der Waals surface area contributed by atoms with Crippen LogP contribution in [-0.4, -0.2) is 28.6 Å². The van der Waals surface area contributed by atoms with Crippen LogP contribution in [0.15, 0.2) is 30.3 Å². The molecule has 0 aliphatic rings. The van der Waals surface area contributed by atoms with Crippen LogP contribution in [-0.2, 0) is 13.0 Å². The maximum Gasteiger partial charge on any atom is 0.335 e. The molecule has 6 heteroatoms. The van der Waals surface area contributed by atoms with Crippen LogP contribution >= 0.6 is 0 Å². The summed E-state index contributed by atoms with van der Waals surface area (Å²) in [5.41, 5.74) is 1.69. The van der Waals surface area contributed by atoms with Crippen LogP contribution in [0, 0.1) is 0 Å². The summed E-state index contributed by atoms with van der Waals surface area (Å²) in [5, 5.41) is 19.5. The highest BCUT2D eigenvalue weighted by Gasteiger charge is 2.17. The number of phenols is 1. The summed E-state index contributed by atoms with van der Waals surface area (Å²) < 4.78 is 11.4. The standard InChI is InChI=1S/C21H24O6/c1-4-6-17-18(10-9-16(13(3)22)20(17)23)27-12-15-8-7-14(21(24)25)11-19(15)26-5-2/h7-11,23H,4-6,12H2,1-3H3,(H,24,25). The Morgan fingerprint density at radius 3 is 2.37 bits per heavy atom. The first-order chi connectivity index (χ1) is 12.9. The van der Waals surface area contributed by atoms with Gasteiger partial charge in [0.25, 0.3) is 0 Å². The van der Waals surface area contributed by atoms with Crippen LogP contribution in [0.2, 0.25) is 0 Å². The molecule has 6 nitrogen and oxygen atoms in total. The normalized spacial score (nSPS) is 10.5. The van der Waals surface area contributed by atoms with Crippen molar-refractivity contribution in [3.8, 4) is 17.2 Å². The minimum Gasteiger partial charge on any atom is -0.507 e. The molecule has 27 heavy (non-hydrogen) atoms. The van der Waals surface area contributed by atoms with Crippen molar-refractivity contribution in [2.75, 3.05) is 6.61 Å². The molecule has 0 saturated heterocycles. The number of hydrogen-bond donors (Lipinski definition) is 2. The third-order valence-corrected chi connectivity index (χ3v) is 4.12.